The van der Waals surface area contributed by atoms with Gasteiger partial charge in [-0.15, -0.1) is 0 Å². The number of carboxylic acids is 1. The highest BCUT2D eigenvalue weighted by atomic mass is 19.1. The Morgan fingerprint density at radius 1 is 1.00 bits per heavy atom. The van der Waals surface area contributed by atoms with Gasteiger partial charge in [0.25, 0.3) is 0 Å². The molecule has 22 heavy (non-hydrogen) atoms. The van der Waals surface area contributed by atoms with Crippen LogP contribution in [0.15, 0.2) is 36.7 Å². The predicted molar refractivity (Wildman–Crippen MR) is 73.5 cm³/mol. The van der Waals surface area contributed by atoms with Gasteiger partial charge in [0, 0.05) is 24.0 Å². The van der Waals surface area contributed by atoms with Crippen LogP contribution in [0.2, 0.25) is 0 Å². The molecule has 0 bridgehead atoms. The fourth-order valence-electron chi connectivity index (χ4n) is 2.23. The van der Waals surface area contributed by atoms with E-state index in [-0.39, 0.29) is 22.2 Å². The quantitative estimate of drug-likeness (QED) is 0.760. The van der Waals surface area contributed by atoms with E-state index in [4.69, 9.17) is 0 Å². The number of rotatable bonds is 2. The molecular formula is C15H8F2N2O3. The highest BCUT2D eigenvalue weighted by Crippen LogP contribution is 2.36. The second-order valence-corrected chi connectivity index (χ2v) is 4.54. The number of hydrogen-bond acceptors (Lipinski definition) is 4. The van der Waals surface area contributed by atoms with E-state index < -0.39 is 28.9 Å². The molecule has 3 rings (SSSR count). The third-order valence-corrected chi connectivity index (χ3v) is 3.12. The molecule has 5 nitrogen and oxygen atoms in total. The summed E-state index contributed by atoms with van der Waals surface area (Å²) >= 11 is 0. The highest BCUT2D eigenvalue weighted by molar-refractivity contribution is 6.06. The van der Waals surface area contributed by atoms with E-state index in [9.17, 15) is 23.8 Å². The normalized spacial score (nSPS) is 10.8. The maximum absolute atomic E-state index is 13.4. The van der Waals surface area contributed by atoms with Gasteiger partial charge in [-0.1, -0.05) is 0 Å². The first kappa shape index (κ1) is 13.9. The average molecular weight is 302 g/mol. The fraction of sp³-hybridized carbons (Fsp3) is 0. The Hall–Kier alpha value is -3.09. The fourth-order valence-corrected chi connectivity index (χ4v) is 2.23. The van der Waals surface area contributed by atoms with Crippen LogP contribution in [0.3, 0.4) is 0 Å². The topological polar surface area (TPSA) is 83.3 Å². The number of halogens is 2. The lowest BCUT2D eigenvalue weighted by Crippen LogP contribution is -2.02. The lowest BCUT2D eigenvalue weighted by Gasteiger charge is -2.10. The van der Waals surface area contributed by atoms with E-state index in [1.54, 1.807) is 0 Å². The smallest absolute Gasteiger partial charge is 0.341 e. The zero-order valence-electron chi connectivity index (χ0n) is 10.9. The summed E-state index contributed by atoms with van der Waals surface area (Å²) in [6.07, 6.45) is 2.64. The summed E-state index contributed by atoms with van der Waals surface area (Å²) in [4.78, 5) is 19.2. The number of nitrogens with zero attached hydrogens (tertiary/aromatic N) is 2. The molecule has 0 fully saturated rings. The van der Waals surface area contributed by atoms with Crippen molar-refractivity contribution in [3.63, 3.8) is 0 Å². The molecule has 0 spiro atoms. The summed E-state index contributed by atoms with van der Waals surface area (Å²) in [7, 11) is 0. The number of carbonyl (C=O) groups is 1. The molecule has 0 radical (unpaired) electrons. The Labute approximate surface area is 122 Å². The Bertz CT molecular complexity index is 892. The Morgan fingerprint density at radius 2 is 1.64 bits per heavy atom. The van der Waals surface area contributed by atoms with Gasteiger partial charge < -0.3 is 10.2 Å². The average Bonchev–Trinajstić information content (AvgIpc) is 2.45. The van der Waals surface area contributed by atoms with Crippen molar-refractivity contribution < 1.29 is 23.8 Å². The number of hydrogen-bond donors (Lipinski definition) is 2. The molecule has 0 aliphatic heterocycles. The standard InChI is InChI=1S/C15H8F2N2O3/c16-8-3-7(4-9(17)5-8)10-6-11-13(19-2-1-18-11)12(14(10)20)15(21)22/h1-6,20H,(H,21,22). The third kappa shape index (κ3) is 2.22. The van der Waals surface area contributed by atoms with Crippen molar-refractivity contribution in [2.24, 2.45) is 0 Å². The van der Waals surface area contributed by atoms with Crippen molar-refractivity contribution in [2.75, 3.05) is 0 Å². The van der Waals surface area contributed by atoms with Gasteiger partial charge in [-0.2, -0.15) is 0 Å². The molecule has 3 aromatic rings. The maximum atomic E-state index is 13.4. The molecule has 7 heteroatoms. The van der Waals surface area contributed by atoms with E-state index in [1.165, 1.54) is 18.5 Å². The molecule has 0 amide bonds. The minimum Gasteiger partial charge on any atom is -0.506 e. The van der Waals surface area contributed by atoms with Crippen molar-refractivity contribution in [2.45, 2.75) is 0 Å². The predicted octanol–water partition coefficient (Wildman–Crippen LogP) is 2.98. The summed E-state index contributed by atoms with van der Waals surface area (Å²) in [6.45, 7) is 0. The van der Waals surface area contributed by atoms with Gasteiger partial charge in [0.15, 0.2) is 0 Å². The highest BCUT2D eigenvalue weighted by Gasteiger charge is 2.21. The van der Waals surface area contributed by atoms with E-state index in [0.29, 0.717) is 6.07 Å². The molecule has 0 atom stereocenters. The van der Waals surface area contributed by atoms with Gasteiger partial charge in [-0.05, 0) is 23.8 Å². The van der Waals surface area contributed by atoms with Crippen LogP contribution in [0.1, 0.15) is 10.4 Å². The SMILES string of the molecule is O=C(O)c1c(O)c(-c2cc(F)cc(F)c2)cc2nccnc12. The van der Waals surface area contributed by atoms with Crippen LogP contribution in [0.5, 0.6) is 5.75 Å². The first-order valence-corrected chi connectivity index (χ1v) is 6.14. The van der Waals surface area contributed by atoms with Gasteiger partial charge in [-0.25, -0.2) is 13.6 Å². The minimum absolute atomic E-state index is 0.00468. The number of phenols is 1. The van der Waals surface area contributed by atoms with Crippen molar-refractivity contribution >= 4 is 17.0 Å². The van der Waals surface area contributed by atoms with Crippen molar-refractivity contribution in [1.82, 2.24) is 9.97 Å². The molecule has 2 aromatic carbocycles. The number of benzene rings is 2. The van der Waals surface area contributed by atoms with Crippen molar-refractivity contribution in [3.8, 4) is 16.9 Å². The van der Waals surface area contributed by atoms with E-state index in [0.717, 1.165) is 12.1 Å². The van der Waals surface area contributed by atoms with Crippen LogP contribution in [0.4, 0.5) is 8.78 Å². The number of carboxylic acid groups (broad SMARTS) is 1. The number of fused-ring (bicyclic) bond motifs is 1. The number of aromatic hydroxyl groups is 1. The van der Waals surface area contributed by atoms with Gasteiger partial charge in [0.05, 0.1) is 5.52 Å². The van der Waals surface area contributed by atoms with E-state index >= 15 is 0 Å². The van der Waals surface area contributed by atoms with Crippen LogP contribution >= 0.6 is 0 Å². The van der Waals surface area contributed by atoms with Gasteiger partial charge in [0.1, 0.15) is 28.5 Å². The van der Waals surface area contributed by atoms with Crippen molar-refractivity contribution in [1.29, 1.82) is 0 Å². The molecule has 1 aromatic heterocycles. The lowest BCUT2D eigenvalue weighted by molar-refractivity contribution is 0.0696. The van der Waals surface area contributed by atoms with Crippen LogP contribution in [-0.2, 0) is 0 Å². The molecule has 1 heterocycles. The second-order valence-electron chi connectivity index (χ2n) is 4.54. The van der Waals surface area contributed by atoms with Crippen LogP contribution < -0.4 is 0 Å². The van der Waals surface area contributed by atoms with Crippen LogP contribution in [-0.4, -0.2) is 26.2 Å². The van der Waals surface area contributed by atoms with Gasteiger partial charge >= 0.3 is 5.97 Å². The molecule has 0 saturated carbocycles. The lowest BCUT2D eigenvalue weighted by atomic mass is 9.99. The largest absolute Gasteiger partial charge is 0.506 e. The number of aromatic nitrogens is 2. The summed E-state index contributed by atoms with van der Waals surface area (Å²) in [6, 6.07) is 4.00. The summed E-state index contributed by atoms with van der Waals surface area (Å²) < 4.78 is 26.7. The molecule has 0 aliphatic carbocycles. The zero-order chi connectivity index (χ0) is 15.9. The van der Waals surface area contributed by atoms with Gasteiger partial charge in [0.2, 0.25) is 0 Å². The Balaban J connectivity index is 2.39. The molecule has 110 valence electrons. The Kier molecular flexibility index (Phi) is 3.17. The van der Waals surface area contributed by atoms with Crippen molar-refractivity contribution in [3.05, 3.63) is 53.9 Å². The summed E-state index contributed by atoms with van der Waals surface area (Å²) in [5, 5.41) is 19.5. The monoisotopic (exact) mass is 302 g/mol. The van der Waals surface area contributed by atoms with Gasteiger partial charge in [-0.3, -0.25) is 9.97 Å². The molecule has 0 saturated heterocycles. The number of aromatic carboxylic acids is 1. The maximum Gasteiger partial charge on any atom is 0.341 e. The van der Waals surface area contributed by atoms with Crippen LogP contribution in [0.25, 0.3) is 22.2 Å². The first-order chi connectivity index (χ1) is 10.5. The molecule has 0 aliphatic rings. The first-order valence-electron chi connectivity index (χ1n) is 6.14. The van der Waals surface area contributed by atoms with Crippen LogP contribution in [0, 0.1) is 11.6 Å². The molecule has 2 N–H and O–H groups in total. The van der Waals surface area contributed by atoms with E-state index in [1.807, 2.05) is 0 Å². The third-order valence-electron chi connectivity index (χ3n) is 3.12. The summed E-state index contributed by atoms with van der Waals surface area (Å²) in [5.74, 6) is -3.72. The second kappa shape index (κ2) is 5.03. The summed E-state index contributed by atoms with van der Waals surface area (Å²) in [5.41, 5.74) is -0.315. The Morgan fingerprint density at radius 3 is 2.27 bits per heavy atom. The molecule has 0 unspecified atom stereocenters. The minimum atomic E-state index is -1.42. The molecular weight excluding hydrogens is 294 g/mol. The zero-order valence-corrected chi connectivity index (χ0v) is 10.9. The van der Waals surface area contributed by atoms with E-state index in [2.05, 4.69) is 9.97 Å².